The molecule has 0 amide bonds. The topological polar surface area (TPSA) is 0 Å². The fraction of sp³-hybridized carbons (Fsp3) is 0.200. The Balaban J connectivity index is 0.000000145. The van der Waals surface area contributed by atoms with E-state index in [2.05, 4.69) is 24.3 Å². The van der Waals surface area contributed by atoms with Crippen LogP contribution in [0.2, 0.25) is 0 Å². The molecule has 0 aliphatic heterocycles. The molecule has 8 heavy (non-hydrogen) atoms. The van der Waals surface area contributed by atoms with Crippen molar-refractivity contribution in [3.8, 4) is 0 Å². The maximum absolute atomic E-state index is 4.93. The van der Waals surface area contributed by atoms with Crippen LogP contribution in [-0.4, -0.2) is 0 Å². The van der Waals surface area contributed by atoms with Gasteiger partial charge in [-0.2, -0.15) is 0 Å². The van der Waals surface area contributed by atoms with Gasteiger partial charge >= 0.3 is 35.3 Å². The van der Waals surface area contributed by atoms with Gasteiger partial charge in [-0.05, 0) is 6.42 Å². The third kappa shape index (κ3) is 6.75. The molecule has 0 aromatic heterocycles. The standard InChI is InChI=1S/C5H6.2ClH.W/c1-2-4-5-3-1;;;/h1-4H,5H2;2*1H;/q;;;+2/p-2. The molecular weight excluding hydrogens is 315 g/mol. The zero-order valence-corrected chi connectivity index (χ0v) is 8.63. The second kappa shape index (κ2) is 7.75. The number of hydrogen-bond acceptors (Lipinski definition) is 0. The number of halogens is 2. The summed E-state index contributed by atoms with van der Waals surface area (Å²) in [5.41, 5.74) is 0. The van der Waals surface area contributed by atoms with Crippen LogP contribution in [0.25, 0.3) is 0 Å². The van der Waals surface area contributed by atoms with E-state index >= 15 is 0 Å². The van der Waals surface area contributed by atoms with Crippen LogP contribution in [0.4, 0.5) is 0 Å². The second-order valence-corrected chi connectivity index (χ2v) is 5.39. The Hall–Kier alpha value is 0.748. The summed E-state index contributed by atoms with van der Waals surface area (Å²) in [6.07, 6.45) is 9.50. The van der Waals surface area contributed by atoms with Gasteiger partial charge in [-0.25, -0.2) is 0 Å². The van der Waals surface area contributed by atoms with E-state index in [0.717, 1.165) is 6.42 Å². The summed E-state index contributed by atoms with van der Waals surface area (Å²) < 4.78 is 0. The summed E-state index contributed by atoms with van der Waals surface area (Å²) >= 11 is -0.806. The van der Waals surface area contributed by atoms with Crippen LogP contribution < -0.4 is 0 Å². The van der Waals surface area contributed by atoms with Crippen molar-refractivity contribution >= 4 is 18.8 Å². The predicted molar refractivity (Wildman–Crippen MR) is 34.6 cm³/mol. The van der Waals surface area contributed by atoms with Crippen molar-refractivity contribution in [1.82, 2.24) is 0 Å². The van der Waals surface area contributed by atoms with E-state index in [9.17, 15) is 0 Å². The number of rotatable bonds is 0. The Morgan fingerprint density at radius 2 is 1.50 bits per heavy atom. The van der Waals surface area contributed by atoms with Gasteiger partial charge in [0.1, 0.15) is 0 Å². The molecule has 1 aliphatic rings. The Morgan fingerprint density at radius 1 is 1.12 bits per heavy atom. The molecule has 0 radical (unpaired) electrons. The predicted octanol–water partition coefficient (Wildman–Crippen LogP) is 2.88. The molecule has 3 heteroatoms. The first-order valence-corrected chi connectivity index (χ1v) is 9.39. The fourth-order valence-electron chi connectivity index (χ4n) is 0.393. The molecular formula is C5H6Cl2W. The van der Waals surface area contributed by atoms with Gasteiger partial charge in [0.2, 0.25) is 0 Å². The minimum absolute atomic E-state index is 0.806. The van der Waals surface area contributed by atoms with Gasteiger partial charge in [-0.1, -0.05) is 24.3 Å². The molecule has 1 rings (SSSR count). The van der Waals surface area contributed by atoms with Gasteiger partial charge in [0.25, 0.3) is 0 Å². The summed E-state index contributed by atoms with van der Waals surface area (Å²) in [5.74, 6) is 0. The van der Waals surface area contributed by atoms with Gasteiger partial charge in [-0.3, -0.25) is 0 Å². The fourth-order valence-corrected chi connectivity index (χ4v) is 0.393. The van der Waals surface area contributed by atoms with Crippen LogP contribution in [0.3, 0.4) is 0 Å². The van der Waals surface area contributed by atoms with Crippen LogP contribution in [0, 0.1) is 0 Å². The van der Waals surface area contributed by atoms with E-state index in [4.69, 9.17) is 18.8 Å². The van der Waals surface area contributed by atoms with Crippen LogP contribution in [0.1, 0.15) is 6.42 Å². The molecule has 46 valence electrons. The molecule has 0 aromatic carbocycles. The zero-order valence-electron chi connectivity index (χ0n) is 4.18. The monoisotopic (exact) mass is 320 g/mol. The summed E-state index contributed by atoms with van der Waals surface area (Å²) in [4.78, 5) is 0. The summed E-state index contributed by atoms with van der Waals surface area (Å²) in [6.45, 7) is 0. The molecule has 0 bridgehead atoms. The molecule has 0 aromatic rings. The Labute approximate surface area is 65.9 Å². The SMILES string of the molecule is C1=CCC=C1.[Cl][W][Cl]. The first-order chi connectivity index (χ1) is 3.91. The molecule has 0 atom stereocenters. The van der Waals surface area contributed by atoms with Crippen molar-refractivity contribution in [2.75, 3.05) is 0 Å². The van der Waals surface area contributed by atoms with Gasteiger partial charge < -0.3 is 0 Å². The summed E-state index contributed by atoms with van der Waals surface area (Å²) in [7, 11) is 9.86. The molecule has 0 N–H and O–H groups in total. The van der Waals surface area contributed by atoms with E-state index in [1.165, 1.54) is 0 Å². The molecule has 0 fully saturated rings. The third-order valence-corrected chi connectivity index (χ3v) is 0.655. The average Bonchev–Trinajstić information content (AvgIpc) is 2.17. The Bertz CT molecular complexity index is 78.4. The molecule has 1 aliphatic carbocycles. The summed E-state index contributed by atoms with van der Waals surface area (Å²) in [6, 6.07) is 0. The zero-order chi connectivity index (χ0) is 6.24. The van der Waals surface area contributed by atoms with E-state index < -0.39 is 16.5 Å². The first kappa shape index (κ1) is 8.75. The molecule has 0 nitrogen and oxygen atoms in total. The number of hydrogen-bond donors (Lipinski definition) is 0. The van der Waals surface area contributed by atoms with Crippen molar-refractivity contribution in [1.29, 1.82) is 0 Å². The van der Waals surface area contributed by atoms with Crippen LogP contribution in [0.5, 0.6) is 0 Å². The molecule has 0 spiro atoms. The molecule has 0 heterocycles. The average molecular weight is 321 g/mol. The van der Waals surface area contributed by atoms with Gasteiger partial charge in [-0.15, -0.1) is 0 Å². The minimum atomic E-state index is -0.806. The van der Waals surface area contributed by atoms with Crippen molar-refractivity contribution in [2.45, 2.75) is 6.42 Å². The van der Waals surface area contributed by atoms with Crippen LogP contribution in [-0.2, 0) is 16.5 Å². The molecule has 0 saturated carbocycles. The van der Waals surface area contributed by atoms with E-state index in [1.54, 1.807) is 0 Å². The Kier molecular flexibility index (Phi) is 8.47. The van der Waals surface area contributed by atoms with Crippen molar-refractivity contribution < 1.29 is 16.5 Å². The summed E-state index contributed by atoms with van der Waals surface area (Å²) in [5, 5.41) is 0. The van der Waals surface area contributed by atoms with Crippen molar-refractivity contribution in [3.05, 3.63) is 24.3 Å². The van der Waals surface area contributed by atoms with Gasteiger partial charge in [0.05, 0.1) is 0 Å². The number of allylic oxidation sites excluding steroid dienone is 4. The molecule has 0 saturated heterocycles. The van der Waals surface area contributed by atoms with Gasteiger partial charge in [0, 0.05) is 0 Å². The quantitative estimate of drug-likeness (QED) is 0.644. The maximum atomic E-state index is 4.93. The van der Waals surface area contributed by atoms with Crippen LogP contribution >= 0.6 is 18.8 Å². The first-order valence-electron chi connectivity index (χ1n) is 2.13. The van der Waals surface area contributed by atoms with Crippen molar-refractivity contribution in [3.63, 3.8) is 0 Å². The van der Waals surface area contributed by atoms with E-state index in [0.29, 0.717) is 0 Å². The normalized spacial score (nSPS) is 13.2. The Morgan fingerprint density at radius 3 is 1.62 bits per heavy atom. The molecule has 0 unspecified atom stereocenters. The van der Waals surface area contributed by atoms with E-state index in [-0.39, 0.29) is 0 Å². The van der Waals surface area contributed by atoms with Gasteiger partial charge in [0.15, 0.2) is 0 Å². The van der Waals surface area contributed by atoms with Crippen LogP contribution in [0.15, 0.2) is 24.3 Å². The third-order valence-electron chi connectivity index (χ3n) is 0.655. The van der Waals surface area contributed by atoms with Crippen molar-refractivity contribution in [2.24, 2.45) is 0 Å². The second-order valence-electron chi connectivity index (χ2n) is 1.15. The van der Waals surface area contributed by atoms with E-state index in [1.807, 2.05) is 0 Å².